The van der Waals surface area contributed by atoms with Gasteiger partial charge in [-0.3, -0.25) is 5.32 Å². The second kappa shape index (κ2) is 8.55. The summed E-state index contributed by atoms with van der Waals surface area (Å²) in [6.45, 7) is 11.1. The largest absolute Gasteiger partial charge is 0.303 e. The summed E-state index contributed by atoms with van der Waals surface area (Å²) in [5, 5.41) is 12.8. The predicted octanol–water partition coefficient (Wildman–Crippen LogP) is 3.17. The summed E-state index contributed by atoms with van der Waals surface area (Å²) in [5.41, 5.74) is -0.294. The van der Waals surface area contributed by atoms with Gasteiger partial charge in [0.2, 0.25) is 0 Å². The van der Waals surface area contributed by atoms with E-state index in [0.717, 1.165) is 38.3 Å². The highest BCUT2D eigenvalue weighted by Gasteiger charge is 2.27. The van der Waals surface area contributed by atoms with Crippen molar-refractivity contribution in [2.24, 2.45) is 5.92 Å². The van der Waals surface area contributed by atoms with E-state index in [4.69, 9.17) is 0 Å². The Morgan fingerprint density at radius 2 is 2.16 bits per heavy atom. The summed E-state index contributed by atoms with van der Waals surface area (Å²) in [5.74, 6) is 0.922. The molecule has 3 nitrogen and oxygen atoms in total. The summed E-state index contributed by atoms with van der Waals surface area (Å²) in [6, 6.07) is 2.49. The van der Waals surface area contributed by atoms with Crippen molar-refractivity contribution in [3.8, 4) is 6.07 Å². The lowest BCUT2D eigenvalue weighted by atomic mass is 9.92. The minimum Gasteiger partial charge on any atom is -0.303 e. The molecule has 2 unspecified atom stereocenters. The van der Waals surface area contributed by atoms with E-state index in [0.29, 0.717) is 0 Å². The Hall–Kier alpha value is -0.590. The van der Waals surface area contributed by atoms with Gasteiger partial charge < -0.3 is 4.90 Å². The zero-order chi connectivity index (χ0) is 14.1. The van der Waals surface area contributed by atoms with E-state index in [2.05, 4.69) is 37.1 Å². The van der Waals surface area contributed by atoms with Gasteiger partial charge in [0.15, 0.2) is 0 Å². The number of hydrogen-bond donors (Lipinski definition) is 1. The molecular weight excluding hydrogens is 234 g/mol. The maximum Gasteiger partial charge on any atom is 0.106 e. The Morgan fingerprint density at radius 1 is 1.37 bits per heavy atom. The number of nitriles is 1. The summed E-state index contributed by atoms with van der Waals surface area (Å²) in [7, 11) is 0. The van der Waals surface area contributed by atoms with Crippen LogP contribution in [0.3, 0.4) is 0 Å². The van der Waals surface area contributed by atoms with Crippen LogP contribution >= 0.6 is 0 Å². The summed E-state index contributed by atoms with van der Waals surface area (Å²) in [4.78, 5) is 2.59. The number of rotatable bonds is 9. The van der Waals surface area contributed by atoms with E-state index in [9.17, 15) is 5.26 Å². The third kappa shape index (κ3) is 5.12. The van der Waals surface area contributed by atoms with Crippen LogP contribution in [-0.2, 0) is 0 Å². The van der Waals surface area contributed by atoms with Crippen molar-refractivity contribution in [3.63, 3.8) is 0 Å². The molecule has 110 valence electrons. The molecule has 1 saturated heterocycles. The molecule has 0 aromatic rings. The molecule has 1 heterocycles. The van der Waals surface area contributed by atoms with Gasteiger partial charge in [-0.2, -0.15) is 5.26 Å². The first kappa shape index (κ1) is 16.5. The number of nitrogens with zero attached hydrogens (tertiary/aromatic N) is 2. The quantitative estimate of drug-likeness (QED) is 0.696. The van der Waals surface area contributed by atoms with Crippen LogP contribution in [0.4, 0.5) is 0 Å². The molecule has 0 aliphatic carbocycles. The summed E-state index contributed by atoms with van der Waals surface area (Å²) in [6.07, 6.45) is 7.07. The van der Waals surface area contributed by atoms with Crippen molar-refractivity contribution in [1.82, 2.24) is 10.2 Å². The third-order valence-corrected chi connectivity index (χ3v) is 4.48. The second-order valence-electron chi connectivity index (χ2n) is 5.93. The fourth-order valence-electron chi connectivity index (χ4n) is 3.27. The van der Waals surface area contributed by atoms with Crippen LogP contribution in [0.5, 0.6) is 0 Å². The molecular formula is C16H31N3. The lowest BCUT2D eigenvalue weighted by Crippen LogP contribution is -2.43. The minimum atomic E-state index is -0.294. The van der Waals surface area contributed by atoms with E-state index in [1.807, 2.05) is 0 Å². The molecule has 1 aliphatic rings. The van der Waals surface area contributed by atoms with Crippen molar-refractivity contribution in [3.05, 3.63) is 0 Å². The molecule has 0 aromatic heterocycles. The highest BCUT2D eigenvalue weighted by molar-refractivity contribution is 5.06. The number of nitrogens with one attached hydrogen (secondary N) is 1. The van der Waals surface area contributed by atoms with Crippen molar-refractivity contribution in [2.75, 3.05) is 26.2 Å². The van der Waals surface area contributed by atoms with Crippen molar-refractivity contribution in [2.45, 2.75) is 64.8 Å². The highest BCUT2D eigenvalue weighted by atomic mass is 15.1. The Labute approximate surface area is 119 Å². The smallest absolute Gasteiger partial charge is 0.106 e. The van der Waals surface area contributed by atoms with Gasteiger partial charge in [0.25, 0.3) is 0 Å². The predicted molar refractivity (Wildman–Crippen MR) is 81.0 cm³/mol. The Kier molecular flexibility index (Phi) is 7.41. The number of hydrogen-bond acceptors (Lipinski definition) is 3. The lowest BCUT2D eigenvalue weighted by molar-refractivity contribution is 0.287. The summed E-state index contributed by atoms with van der Waals surface area (Å²) < 4.78 is 0. The average molecular weight is 265 g/mol. The Morgan fingerprint density at radius 3 is 2.74 bits per heavy atom. The van der Waals surface area contributed by atoms with Crippen molar-refractivity contribution < 1.29 is 0 Å². The SMILES string of the molecule is CCCC1CCN(CCCC(C#N)(CC)NCC)C1. The fourth-order valence-corrected chi connectivity index (χ4v) is 3.27. The first-order valence-corrected chi connectivity index (χ1v) is 8.08. The van der Waals surface area contributed by atoms with Crippen LogP contribution in [0.1, 0.15) is 59.3 Å². The lowest BCUT2D eigenvalue weighted by Gasteiger charge is -2.27. The van der Waals surface area contributed by atoms with Gasteiger partial charge in [-0.25, -0.2) is 0 Å². The molecule has 0 spiro atoms. The maximum absolute atomic E-state index is 9.39. The zero-order valence-electron chi connectivity index (χ0n) is 13.0. The third-order valence-electron chi connectivity index (χ3n) is 4.48. The van der Waals surface area contributed by atoms with Crippen molar-refractivity contribution >= 4 is 0 Å². The first-order valence-electron chi connectivity index (χ1n) is 8.08. The van der Waals surface area contributed by atoms with E-state index < -0.39 is 0 Å². The topological polar surface area (TPSA) is 39.1 Å². The van der Waals surface area contributed by atoms with Gasteiger partial charge in [-0.05, 0) is 57.7 Å². The first-order chi connectivity index (χ1) is 9.19. The van der Waals surface area contributed by atoms with Crippen LogP contribution in [0.25, 0.3) is 0 Å². The van der Waals surface area contributed by atoms with Gasteiger partial charge in [0.05, 0.1) is 6.07 Å². The molecule has 19 heavy (non-hydrogen) atoms. The minimum absolute atomic E-state index is 0.294. The van der Waals surface area contributed by atoms with E-state index in [1.54, 1.807) is 0 Å². The number of likely N-dealkylation sites (tertiary alicyclic amines) is 1. The van der Waals surface area contributed by atoms with Crippen molar-refractivity contribution in [1.29, 1.82) is 5.26 Å². The summed E-state index contributed by atoms with van der Waals surface area (Å²) >= 11 is 0. The molecule has 0 aromatic carbocycles. The standard InChI is InChI=1S/C16H31N3/c1-4-8-15-9-12-19(13-15)11-7-10-16(5-2,14-17)18-6-3/h15,18H,4-13H2,1-3H3. The molecule has 0 radical (unpaired) electrons. The normalized spacial score (nSPS) is 23.2. The fraction of sp³-hybridized carbons (Fsp3) is 0.938. The second-order valence-corrected chi connectivity index (χ2v) is 5.93. The molecule has 3 heteroatoms. The van der Waals surface area contributed by atoms with Crippen LogP contribution in [0, 0.1) is 17.2 Å². The van der Waals surface area contributed by atoms with Crippen LogP contribution in [-0.4, -0.2) is 36.6 Å². The maximum atomic E-state index is 9.39. The van der Waals surface area contributed by atoms with E-state index in [-0.39, 0.29) is 5.54 Å². The Balaban J connectivity index is 2.28. The van der Waals surface area contributed by atoms with Crippen LogP contribution < -0.4 is 5.32 Å². The Bertz CT molecular complexity index is 284. The van der Waals surface area contributed by atoms with Gasteiger partial charge in [0.1, 0.15) is 5.54 Å². The zero-order valence-corrected chi connectivity index (χ0v) is 13.0. The van der Waals surface area contributed by atoms with Crippen LogP contribution in [0.2, 0.25) is 0 Å². The molecule has 1 fully saturated rings. The van der Waals surface area contributed by atoms with Gasteiger partial charge in [-0.1, -0.05) is 27.2 Å². The molecule has 0 saturated carbocycles. The molecule has 0 bridgehead atoms. The molecule has 0 amide bonds. The highest BCUT2D eigenvalue weighted by Crippen LogP contribution is 2.22. The average Bonchev–Trinajstić information content (AvgIpc) is 2.86. The molecule has 1 aliphatic heterocycles. The molecule has 1 rings (SSSR count). The monoisotopic (exact) mass is 265 g/mol. The van der Waals surface area contributed by atoms with E-state index >= 15 is 0 Å². The van der Waals surface area contributed by atoms with Gasteiger partial charge >= 0.3 is 0 Å². The van der Waals surface area contributed by atoms with Gasteiger partial charge in [-0.15, -0.1) is 0 Å². The van der Waals surface area contributed by atoms with Gasteiger partial charge in [0, 0.05) is 6.54 Å². The molecule has 2 atom stereocenters. The van der Waals surface area contributed by atoms with Crippen LogP contribution in [0.15, 0.2) is 0 Å². The van der Waals surface area contributed by atoms with E-state index in [1.165, 1.54) is 32.4 Å². The molecule has 1 N–H and O–H groups in total.